The van der Waals surface area contributed by atoms with Crippen LogP contribution in [-0.4, -0.2) is 6.71 Å². The van der Waals surface area contributed by atoms with Gasteiger partial charge in [-0.2, -0.15) is 0 Å². The zero-order chi connectivity index (χ0) is 44.9. The lowest BCUT2D eigenvalue weighted by Crippen LogP contribution is -2.60. The predicted molar refractivity (Wildman–Crippen MR) is 286 cm³/mol. The highest BCUT2D eigenvalue weighted by molar-refractivity contribution is 7.33. The van der Waals surface area contributed by atoms with Crippen molar-refractivity contribution in [1.29, 1.82) is 0 Å². The van der Waals surface area contributed by atoms with Crippen LogP contribution in [0.1, 0.15) is 59.7 Å². The Kier molecular flexibility index (Phi) is 8.01. The minimum Gasteiger partial charge on any atom is -0.311 e. The Morgan fingerprint density at radius 1 is 0.463 bits per heavy atom. The van der Waals surface area contributed by atoms with Crippen LogP contribution in [0.2, 0.25) is 0 Å². The molecule has 2 nitrogen and oxygen atoms in total. The molecule has 0 unspecified atom stereocenters. The maximum atomic E-state index is 2.62. The average molecular weight is 875 g/mol. The van der Waals surface area contributed by atoms with Crippen molar-refractivity contribution in [2.45, 2.75) is 45.4 Å². The van der Waals surface area contributed by atoms with E-state index >= 15 is 0 Å². The molecule has 3 heterocycles. The zero-order valence-electron chi connectivity index (χ0n) is 38.4. The molecule has 14 rings (SSSR count). The highest BCUT2D eigenvalue weighted by Gasteiger charge is 2.53. The summed E-state index contributed by atoms with van der Waals surface area (Å²) in [6.07, 6.45) is 0. The number of anilines is 6. The summed E-state index contributed by atoms with van der Waals surface area (Å²) in [5.74, 6) is 0. The number of hydrogen-bond acceptors (Lipinski definition) is 3. The second kappa shape index (κ2) is 13.8. The van der Waals surface area contributed by atoms with Gasteiger partial charge in [-0.1, -0.05) is 166 Å². The van der Waals surface area contributed by atoms with Gasteiger partial charge in [-0.3, -0.25) is 0 Å². The molecule has 0 amide bonds. The lowest BCUT2D eigenvalue weighted by Gasteiger charge is -2.43. The number of para-hydroxylation sites is 1. The van der Waals surface area contributed by atoms with Crippen LogP contribution in [0.4, 0.5) is 34.1 Å². The second-order valence-electron chi connectivity index (χ2n) is 20.2. The molecule has 0 atom stereocenters. The average Bonchev–Trinajstić information content (AvgIpc) is 3.97. The molecule has 0 N–H and O–H groups in total. The molecular weight excluding hydrogens is 828 g/mol. The van der Waals surface area contributed by atoms with Gasteiger partial charge in [-0.25, -0.2) is 0 Å². The first-order chi connectivity index (χ1) is 32.7. The van der Waals surface area contributed by atoms with Crippen LogP contribution < -0.4 is 25.5 Å². The largest absolute Gasteiger partial charge is 0.311 e. The van der Waals surface area contributed by atoms with Gasteiger partial charge in [0.2, 0.25) is 0 Å². The Morgan fingerprint density at radius 3 is 1.78 bits per heavy atom. The number of aryl methyl sites for hydroxylation is 2. The molecule has 10 aromatic rings. The highest BCUT2D eigenvalue weighted by atomic mass is 32.1. The third-order valence-electron chi connectivity index (χ3n) is 15.3. The lowest BCUT2D eigenvalue weighted by molar-refractivity contribution is 0.588. The molecular formula is C63H47BN2S. The molecule has 1 spiro atoms. The van der Waals surface area contributed by atoms with E-state index in [0.29, 0.717) is 0 Å². The summed E-state index contributed by atoms with van der Waals surface area (Å²) in [5, 5.41) is 1.31. The molecule has 2 aliphatic carbocycles. The summed E-state index contributed by atoms with van der Waals surface area (Å²) in [6, 6.07) is 74.2. The van der Waals surface area contributed by atoms with Crippen molar-refractivity contribution in [3.8, 4) is 33.4 Å². The van der Waals surface area contributed by atoms with Crippen molar-refractivity contribution >= 4 is 78.0 Å². The summed E-state index contributed by atoms with van der Waals surface area (Å²) in [6.45, 7) is 11.5. The van der Waals surface area contributed by atoms with Crippen molar-refractivity contribution < 1.29 is 0 Å². The van der Waals surface area contributed by atoms with Gasteiger partial charge in [0.1, 0.15) is 0 Å². The Labute approximate surface area is 397 Å². The zero-order valence-corrected chi connectivity index (χ0v) is 39.2. The van der Waals surface area contributed by atoms with E-state index in [0.717, 1.165) is 5.69 Å². The van der Waals surface area contributed by atoms with Gasteiger partial charge in [0.15, 0.2) is 0 Å². The van der Waals surface area contributed by atoms with Gasteiger partial charge in [-0.05, 0) is 152 Å². The first-order valence-electron chi connectivity index (χ1n) is 23.7. The van der Waals surface area contributed by atoms with Gasteiger partial charge >= 0.3 is 0 Å². The minimum absolute atomic E-state index is 0.00475. The van der Waals surface area contributed by atoms with E-state index < -0.39 is 5.41 Å². The van der Waals surface area contributed by atoms with Gasteiger partial charge in [0, 0.05) is 43.3 Å². The molecule has 67 heavy (non-hydrogen) atoms. The Bertz CT molecular complexity index is 3660. The number of rotatable bonds is 3. The monoisotopic (exact) mass is 874 g/mol. The molecule has 4 heteroatoms. The van der Waals surface area contributed by atoms with E-state index in [4.69, 9.17) is 0 Å². The fourth-order valence-electron chi connectivity index (χ4n) is 12.3. The topological polar surface area (TPSA) is 6.48 Å². The number of benzene rings is 9. The van der Waals surface area contributed by atoms with E-state index in [2.05, 4.69) is 239 Å². The second-order valence-corrected chi connectivity index (χ2v) is 21.3. The maximum Gasteiger partial charge on any atom is 0.264 e. The third-order valence-corrected chi connectivity index (χ3v) is 16.5. The summed E-state index contributed by atoms with van der Waals surface area (Å²) in [4.78, 5) is 5.15. The summed E-state index contributed by atoms with van der Waals surface area (Å²) in [5.41, 5.74) is 26.8. The van der Waals surface area contributed by atoms with Crippen molar-refractivity contribution in [3.05, 3.63) is 233 Å². The van der Waals surface area contributed by atoms with E-state index in [1.54, 1.807) is 0 Å². The van der Waals surface area contributed by atoms with Crippen LogP contribution in [0.15, 0.2) is 194 Å². The smallest absolute Gasteiger partial charge is 0.264 e. The standard InChI is InChI=1S/C63H47BN2S/c1-38-24-28-44(29-25-38)66-57-33-39(2)32-56-59(57)64(54-31-26-41(40-16-8-6-9-17-40)34-55(54)65(56)43-18-10-7-11-19-43)61-60(66)49-36-48-47-30-27-42(62(3,4)5)35-52(47)63(53(48)37-58(49)67-61)50-22-14-12-20-45(50)46-21-13-15-23-51(46)63/h6-37H,1-5H3. The van der Waals surface area contributed by atoms with Gasteiger partial charge < -0.3 is 9.80 Å². The fraction of sp³-hybridized carbons (Fsp3) is 0.111. The molecule has 4 aliphatic rings. The van der Waals surface area contributed by atoms with Crippen LogP contribution in [0.3, 0.4) is 0 Å². The van der Waals surface area contributed by atoms with Crippen molar-refractivity contribution in [2.75, 3.05) is 9.80 Å². The summed E-state index contributed by atoms with van der Waals surface area (Å²) < 4.78 is 2.72. The lowest BCUT2D eigenvalue weighted by atomic mass is 9.36. The SMILES string of the molecule is Cc1ccc(N2c3cc(C)cc4c3B(c3ccc(-c5ccccc5)cc3N4c3ccccc3)c3sc4cc5c(cc4c32)-c2ccc(C(C)(C)C)cc2C52c3ccccc3-c3ccccc32)cc1. The van der Waals surface area contributed by atoms with Gasteiger partial charge in [0.25, 0.3) is 6.71 Å². The van der Waals surface area contributed by atoms with Crippen LogP contribution in [-0.2, 0) is 10.8 Å². The predicted octanol–water partition coefficient (Wildman–Crippen LogP) is 14.9. The molecule has 1 aromatic heterocycles. The van der Waals surface area contributed by atoms with Crippen LogP contribution in [0.25, 0.3) is 43.5 Å². The molecule has 318 valence electrons. The van der Waals surface area contributed by atoms with Crippen LogP contribution in [0, 0.1) is 13.8 Å². The number of fused-ring (bicyclic) bond motifs is 16. The molecule has 0 saturated carbocycles. The van der Waals surface area contributed by atoms with Crippen molar-refractivity contribution in [1.82, 2.24) is 0 Å². The maximum absolute atomic E-state index is 2.62. The number of hydrogen-bond donors (Lipinski definition) is 0. The Balaban J connectivity index is 1.10. The van der Waals surface area contributed by atoms with E-state index in [-0.39, 0.29) is 12.1 Å². The van der Waals surface area contributed by atoms with E-state index in [1.807, 2.05) is 11.3 Å². The molecule has 0 saturated heterocycles. The molecule has 0 radical (unpaired) electrons. The molecule has 9 aromatic carbocycles. The Morgan fingerprint density at radius 2 is 1.07 bits per heavy atom. The highest BCUT2D eigenvalue weighted by Crippen LogP contribution is 2.64. The fourth-order valence-corrected chi connectivity index (χ4v) is 13.7. The first-order valence-corrected chi connectivity index (χ1v) is 24.5. The number of nitrogens with zero attached hydrogens (tertiary/aromatic N) is 2. The molecule has 0 fully saturated rings. The third kappa shape index (κ3) is 5.28. The normalized spacial score (nSPS) is 14.4. The van der Waals surface area contributed by atoms with Gasteiger partial charge in [0.05, 0.1) is 11.1 Å². The van der Waals surface area contributed by atoms with E-state index in [1.165, 1.54) is 127 Å². The summed E-state index contributed by atoms with van der Waals surface area (Å²) in [7, 11) is 0. The van der Waals surface area contributed by atoms with Gasteiger partial charge in [-0.15, -0.1) is 11.3 Å². The van der Waals surface area contributed by atoms with Crippen LogP contribution >= 0.6 is 11.3 Å². The van der Waals surface area contributed by atoms with Crippen LogP contribution in [0.5, 0.6) is 0 Å². The molecule has 2 aliphatic heterocycles. The minimum atomic E-state index is -0.441. The van der Waals surface area contributed by atoms with E-state index in [9.17, 15) is 0 Å². The molecule has 0 bridgehead atoms. The number of thiophene rings is 1. The first kappa shape index (κ1) is 38.8. The van der Waals surface area contributed by atoms with Crippen molar-refractivity contribution in [2.24, 2.45) is 0 Å². The summed E-state index contributed by atoms with van der Waals surface area (Å²) >= 11 is 2.00. The Hall–Kier alpha value is -7.40. The van der Waals surface area contributed by atoms with Crippen molar-refractivity contribution in [3.63, 3.8) is 0 Å². The quantitative estimate of drug-likeness (QED) is 0.163.